The van der Waals surface area contributed by atoms with Crippen LogP contribution in [0.25, 0.3) is 0 Å². The minimum absolute atomic E-state index is 0.0958. The lowest BCUT2D eigenvalue weighted by Crippen LogP contribution is -2.34. The zero-order chi connectivity index (χ0) is 13.7. The van der Waals surface area contributed by atoms with E-state index >= 15 is 0 Å². The third-order valence-electron chi connectivity index (χ3n) is 2.91. The lowest BCUT2D eigenvalue weighted by molar-refractivity contribution is 0.259. The standard InChI is InChI=1S/C13H19F2N3/c1-3-18(7-9(2)13(16)17)8-10-6-11(14)4-5-12(10)15/h4-6,9H,3,7-8H2,1-2H3,(H3,16,17). The number of halogens is 2. The fraction of sp³-hybridized carbons (Fsp3) is 0.462. The molecule has 1 aromatic rings. The lowest BCUT2D eigenvalue weighted by atomic mass is 10.1. The monoisotopic (exact) mass is 255 g/mol. The summed E-state index contributed by atoms with van der Waals surface area (Å²) in [5, 5.41) is 7.34. The Hall–Kier alpha value is -1.49. The summed E-state index contributed by atoms with van der Waals surface area (Å²) in [6, 6.07) is 3.44. The number of nitrogens with zero attached hydrogens (tertiary/aromatic N) is 1. The summed E-state index contributed by atoms with van der Waals surface area (Å²) >= 11 is 0. The summed E-state index contributed by atoms with van der Waals surface area (Å²) in [5.74, 6) is -0.845. The van der Waals surface area contributed by atoms with E-state index < -0.39 is 11.6 Å². The first kappa shape index (κ1) is 14.6. The molecule has 0 saturated heterocycles. The third kappa shape index (κ3) is 4.07. The molecule has 3 N–H and O–H groups in total. The fourth-order valence-electron chi connectivity index (χ4n) is 1.70. The molecule has 0 aliphatic rings. The van der Waals surface area contributed by atoms with Crippen LogP contribution < -0.4 is 5.73 Å². The Morgan fingerprint density at radius 1 is 1.44 bits per heavy atom. The first-order valence-corrected chi connectivity index (χ1v) is 5.94. The van der Waals surface area contributed by atoms with E-state index in [1.165, 1.54) is 6.07 Å². The van der Waals surface area contributed by atoms with Crippen LogP contribution in [0.2, 0.25) is 0 Å². The van der Waals surface area contributed by atoms with Crippen molar-refractivity contribution in [3.8, 4) is 0 Å². The fourth-order valence-corrected chi connectivity index (χ4v) is 1.70. The molecule has 1 aromatic carbocycles. The molecule has 0 spiro atoms. The van der Waals surface area contributed by atoms with Crippen LogP contribution in [0.5, 0.6) is 0 Å². The first-order valence-electron chi connectivity index (χ1n) is 5.94. The Morgan fingerprint density at radius 2 is 2.11 bits per heavy atom. The van der Waals surface area contributed by atoms with Gasteiger partial charge in [0.25, 0.3) is 0 Å². The highest BCUT2D eigenvalue weighted by molar-refractivity contribution is 5.79. The van der Waals surface area contributed by atoms with Crippen LogP contribution in [0.4, 0.5) is 8.78 Å². The van der Waals surface area contributed by atoms with Gasteiger partial charge < -0.3 is 5.73 Å². The van der Waals surface area contributed by atoms with Crippen molar-refractivity contribution in [3.05, 3.63) is 35.4 Å². The van der Waals surface area contributed by atoms with Gasteiger partial charge in [0.15, 0.2) is 0 Å². The largest absolute Gasteiger partial charge is 0.387 e. The van der Waals surface area contributed by atoms with Crippen LogP contribution in [0.3, 0.4) is 0 Å². The van der Waals surface area contributed by atoms with Crippen molar-refractivity contribution in [1.29, 1.82) is 5.41 Å². The van der Waals surface area contributed by atoms with Crippen LogP contribution >= 0.6 is 0 Å². The highest BCUT2D eigenvalue weighted by Gasteiger charge is 2.13. The molecule has 0 saturated carbocycles. The van der Waals surface area contributed by atoms with Gasteiger partial charge >= 0.3 is 0 Å². The van der Waals surface area contributed by atoms with Crippen LogP contribution in [-0.2, 0) is 6.54 Å². The highest BCUT2D eigenvalue weighted by Crippen LogP contribution is 2.13. The molecule has 100 valence electrons. The Morgan fingerprint density at radius 3 is 2.67 bits per heavy atom. The van der Waals surface area contributed by atoms with Crippen molar-refractivity contribution >= 4 is 5.84 Å². The normalized spacial score (nSPS) is 12.7. The van der Waals surface area contributed by atoms with Crippen molar-refractivity contribution in [1.82, 2.24) is 4.90 Å². The topological polar surface area (TPSA) is 53.1 Å². The molecule has 1 atom stereocenters. The van der Waals surface area contributed by atoms with Gasteiger partial charge in [-0.2, -0.15) is 0 Å². The average Bonchev–Trinajstić information content (AvgIpc) is 2.32. The molecule has 0 amide bonds. The van der Waals surface area contributed by atoms with Crippen molar-refractivity contribution in [2.75, 3.05) is 13.1 Å². The number of rotatable bonds is 6. The van der Waals surface area contributed by atoms with Gasteiger partial charge in [-0.1, -0.05) is 13.8 Å². The molecule has 5 heteroatoms. The second kappa shape index (κ2) is 6.44. The van der Waals surface area contributed by atoms with Crippen molar-refractivity contribution in [2.24, 2.45) is 11.7 Å². The van der Waals surface area contributed by atoms with E-state index in [1.54, 1.807) is 0 Å². The Kier molecular flexibility index (Phi) is 5.22. The van der Waals surface area contributed by atoms with E-state index in [-0.39, 0.29) is 11.8 Å². The van der Waals surface area contributed by atoms with Gasteiger partial charge in [-0.25, -0.2) is 8.78 Å². The zero-order valence-electron chi connectivity index (χ0n) is 10.7. The van der Waals surface area contributed by atoms with E-state index in [1.807, 2.05) is 18.7 Å². The predicted octanol–water partition coefficient (Wildman–Crippen LogP) is 2.36. The molecule has 1 rings (SSSR count). The van der Waals surface area contributed by atoms with Gasteiger partial charge in [-0.05, 0) is 24.7 Å². The molecule has 0 aliphatic carbocycles. The van der Waals surface area contributed by atoms with E-state index in [0.29, 0.717) is 25.2 Å². The Labute approximate surface area is 106 Å². The molecule has 0 radical (unpaired) electrons. The van der Waals surface area contributed by atoms with E-state index in [0.717, 1.165) is 12.1 Å². The average molecular weight is 255 g/mol. The Bertz CT molecular complexity index is 421. The quantitative estimate of drug-likeness (QED) is 0.605. The predicted molar refractivity (Wildman–Crippen MR) is 68.4 cm³/mol. The SMILES string of the molecule is CCN(Cc1cc(F)ccc1F)CC(C)C(=N)N. The van der Waals surface area contributed by atoms with Crippen LogP contribution in [0, 0.1) is 23.0 Å². The van der Waals surface area contributed by atoms with Crippen LogP contribution in [0.1, 0.15) is 19.4 Å². The molecular weight excluding hydrogens is 236 g/mol. The molecule has 1 unspecified atom stereocenters. The molecule has 0 heterocycles. The molecule has 0 aliphatic heterocycles. The minimum Gasteiger partial charge on any atom is -0.387 e. The number of nitrogens with two attached hydrogens (primary N) is 1. The zero-order valence-corrected chi connectivity index (χ0v) is 10.7. The summed E-state index contributed by atoms with van der Waals surface area (Å²) in [4.78, 5) is 1.93. The number of hydrogen-bond donors (Lipinski definition) is 2. The van der Waals surface area contributed by atoms with Gasteiger partial charge in [0.1, 0.15) is 11.6 Å². The molecule has 3 nitrogen and oxygen atoms in total. The van der Waals surface area contributed by atoms with Gasteiger partial charge in [0.05, 0.1) is 5.84 Å². The number of hydrogen-bond acceptors (Lipinski definition) is 2. The van der Waals surface area contributed by atoms with Crippen LogP contribution in [-0.4, -0.2) is 23.8 Å². The highest BCUT2D eigenvalue weighted by atomic mass is 19.1. The number of benzene rings is 1. The second-order valence-corrected chi connectivity index (χ2v) is 4.42. The smallest absolute Gasteiger partial charge is 0.127 e. The minimum atomic E-state index is -0.443. The number of amidine groups is 1. The van der Waals surface area contributed by atoms with Crippen molar-refractivity contribution < 1.29 is 8.78 Å². The van der Waals surface area contributed by atoms with Crippen LogP contribution in [0.15, 0.2) is 18.2 Å². The van der Waals surface area contributed by atoms with Gasteiger partial charge in [0.2, 0.25) is 0 Å². The summed E-state index contributed by atoms with van der Waals surface area (Å²) in [6.45, 7) is 5.34. The molecule has 0 bridgehead atoms. The number of nitrogens with one attached hydrogen (secondary N) is 1. The maximum absolute atomic E-state index is 13.5. The van der Waals surface area contributed by atoms with E-state index in [2.05, 4.69) is 0 Å². The summed E-state index contributed by atoms with van der Waals surface area (Å²) in [7, 11) is 0. The summed E-state index contributed by atoms with van der Waals surface area (Å²) < 4.78 is 26.6. The van der Waals surface area contributed by atoms with Crippen molar-refractivity contribution in [2.45, 2.75) is 20.4 Å². The molecule has 0 aromatic heterocycles. The third-order valence-corrected chi connectivity index (χ3v) is 2.91. The van der Waals surface area contributed by atoms with Gasteiger partial charge in [-0.15, -0.1) is 0 Å². The summed E-state index contributed by atoms with van der Waals surface area (Å²) in [5.41, 5.74) is 5.74. The van der Waals surface area contributed by atoms with E-state index in [9.17, 15) is 8.78 Å². The molecule has 0 fully saturated rings. The molecule has 18 heavy (non-hydrogen) atoms. The van der Waals surface area contributed by atoms with Crippen molar-refractivity contribution in [3.63, 3.8) is 0 Å². The second-order valence-electron chi connectivity index (χ2n) is 4.42. The lowest BCUT2D eigenvalue weighted by Gasteiger charge is -2.24. The summed E-state index contributed by atoms with van der Waals surface area (Å²) in [6.07, 6.45) is 0. The molecular formula is C13H19F2N3. The first-order chi connectivity index (χ1) is 8.43. The van der Waals surface area contributed by atoms with Gasteiger partial charge in [-0.3, -0.25) is 10.3 Å². The maximum atomic E-state index is 13.5. The van der Waals surface area contributed by atoms with E-state index in [4.69, 9.17) is 11.1 Å². The van der Waals surface area contributed by atoms with Gasteiger partial charge in [0, 0.05) is 24.6 Å². The maximum Gasteiger partial charge on any atom is 0.127 e. The Balaban J connectivity index is 2.73.